The monoisotopic (exact) mass is 296 g/mol. The van der Waals surface area contributed by atoms with Crippen molar-refractivity contribution in [2.45, 2.75) is 39.4 Å². The minimum absolute atomic E-state index is 0. The first kappa shape index (κ1) is 19.6. The van der Waals surface area contributed by atoms with Gasteiger partial charge < -0.3 is 11.1 Å². The summed E-state index contributed by atoms with van der Waals surface area (Å²) in [5.74, 6) is -0.172. The van der Waals surface area contributed by atoms with E-state index in [1.165, 1.54) is 0 Å². The average molecular weight is 297 g/mol. The molecule has 18 heavy (non-hydrogen) atoms. The van der Waals surface area contributed by atoms with E-state index in [1.54, 1.807) is 10.9 Å². The number of nitrogens with one attached hydrogen (secondary N) is 1. The second kappa shape index (κ2) is 9.19. The first-order chi connectivity index (χ1) is 7.50. The lowest BCUT2D eigenvalue weighted by atomic mass is 10.0. The van der Waals surface area contributed by atoms with Crippen LogP contribution in [-0.2, 0) is 11.3 Å². The van der Waals surface area contributed by atoms with Gasteiger partial charge in [0.05, 0.1) is 6.54 Å². The Morgan fingerprint density at radius 1 is 1.39 bits per heavy atom. The molecule has 0 bridgehead atoms. The van der Waals surface area contributed by atoms with Gasteiger partial charge in [0.15, 0.2) is 0 Å². The van der Waals surface area contributed by atoms with Crippen LogP contribution in [0, 0.1) is 5.92 Å². The van der Waals surface area contributed by atoms with E-state index in [0.717, 1.165) is 0 Å². The molecule has 1 aromatic heterocycles. The molecule has 0 aliphatic rings. The third kappa shape index (κ3) is 6.23. The molecule has 1 rings (SSSR count). The molecule has 1 aromatic rings. The summed E-state index contributed by atoms with van der Waals surface area (Å²) >= 11 is 0. The molecule has 0 fully saturated rings. The number of amides is 1. The Bertz CT molecular complexity index is 330. The summed E-state index contributed by atoms with van der Waals surface area (Å²) in [5, 5.41) is 7.00. The molecule has 3 unspecified atom stereocenters. The minimum Gasteiger partial charge on any atom is -0.352 e. The normalized spacial score (nSPS) is 14.7. The molecule has 0 aliphatic carbocycles. The summed E-state index contributed by atoms with van der Waals surface area (Å²) in [7, 11) is 0. The highest BCUT2D eigenvalue weighted by molar-refractivity contribution is 5.85. The predicted molar refractivity (Wildman–Crippen MR) is 77.1 cm³/mol. The number of halogens is 2. The van der Waals surface area contributed by atoms with Crippen LogP contribution in [0.1, 0.15) is 20.8 Å². The smallest absolute Gasteiger partial charge is 0.224 e. The SMILES string of the molecule is CC(Cn1cccn1)NC(=O)C(C)C(C)N.Cl.Cl. The Labute approximate surface area is 120 Å². The van der Waals surface area contributed by atoms with Crippen LogP contribution < -0.4 is 11.1 Å². The van der Waals surface area contributed by atoms with Gasteiger partial charge in [-0.25, -0.2) is 0 Å². The number of carbonyl (C=O) groups excluding carboxylic acids is 1. The van der Waals surface area contributed by atoms with E-state index >= 15 is 0 Å². The predicted octanol–water partition coefficient (Wildman–Crippen LogP) is 1.21. The van der Waals surface area contributed by atoms with Crippen molar-refractivity contribution in [2.24, 2.45) is 11.7 Å². The van der Waals surface area contributed by atoms with E-state index in [1.807, 2.05) is 33.0 Å². The fourth-order valence-corrected chi connectivity index (χ4v) is 1.35. The first-order valence-corrected chi connectivity index (χ1v) is 5.54. The highest BCUT2D eigenvalue weighted by Gasteiger charge is 2.18. The highest BCUT2D eigenvalue weighted by atomic mass is 35.5. The van der Waals surface area contributed by atoms with Crippen molar-refractivity contribution in [3.05, 3.63) is 18.5 Å². The van der Waals surface area contributed by atoms with Gasteiger partial charge in [-0.3, -0.25) is 9.48 Å². The Morgan fingerprint density at radius 3 is 2.44 bits per heavy atom. The van der Waals surface area contributed by atoms with Crippen LogP contribution in [0.15, 0.2) is 18.5 Å². The van der Waals surface area contributed by atoms with Crippen LogP contribution >= 0.6 is 24.8 Å². The van der Waals surface area contributed by atoms with Gasteiger partial charge in [0.2, 0.25) is 5.91 Å². The third-order valence-electron chi connectivity index (χ3n) is 2.61. The van der Waals surface area contributed by atoms with E-state index in [-0.39, 0.29) is 48.7 Å². The molecule has 0 saturated carbocycles. The minimum atomic E-state index is -0.167. The fraction of sp³-hybridized carbons (Fsp3) is 0.636. The lowest BCUT2D eigenvalue weighted by Gasteiger charge is -2.19. The van der Waals surface area contributed by atoms with Gasteiger partial charge in [-0.05, 0) is 19.9 Å². The van der Waals surface area contributed by atoms with E-state index in [9.17, 15) is 4.79 Å². The van der Waals surface area contributed by atoms with Crippen molar-refractivity contribution in [3.63, 3.8) is 0 Å². The lowest BCUT2D eigenvalue weighted by molar-refractivity contribution is -0.125. The van der Waals surface area contributed by atoms with Crippen LogP contribution in [0.25, 0.3) is 0 Å². The van der Waals surface area contributed by atoms with Crippen LogP contribution in [0.5, 0.6) is 0 Å². The average Bonchev–Trinajstić information content (AvgIpc) is 2.68. The maximum absolute atomic E-state index is 11.7. The maximum atomic E-state index is 11.7. The van der Waals surface area contributed by atoms with Crippen LogP contribution in [0.4, 0.5) is 0 Å². The molecular formula is C11H22Cl2N4O. The van der Waals surface area contributed by atoms with Crippen molar-refractivity contribution in [1.82, 2.24) is 15.1 Å². The van der Waals surface area contributed by atoms with E-state index in [0.29, 0.717) is 6.54 Å². The van der Waals surface area contributed by atoms with E-state index < -0.39 is 0 Å². The van der Waals surface area contributed by atoms with Crippen LogP contribution in [0.3, 0.4) is 0 Å². The number of carbonyl (C=O) groups is 1. The number of aromatic nitrogens is 2. The van der Waals surface area contributed by atoms with Gasteiger partial charge in [-0.15, -0.1) is 24.8 Å². The summed E-state index contributed by atoms with van der Waals surface area (Å²) < 4.78 is 1.79. The molecule has 0 aliphatic heterocycles. The second-order valence-corrected chi connectivity index (χ2v) is 4.29. The summed E-state index contributed by atoms with van der Waals surface area (Å²) in [6, 6.07) is 1.78. The van der Waals surface area contributed by atoms with Gasteiger partial charge >= 0.3 is 0 Å². The zero-order valence-electron chi connectivity index (χ0n) is 10.9. The number of rotatable bonds is 5. The molecule has 0 saturated heterocycles. The van der Waals surface area contributed by atoms with Crippen molar-refractivity contribution in [1.29, 1.82) is 0 Å². The topological polar surface area (TPSA) is 72.9 Å². The quantitative estimate of drug-likeness (QED) is 0.858. The second-order valence-electron chi connectivity index (χ2n) is 4.29. The molecule has 3 N–H and O–H groups in total. The van der Waals surface area contributed by atoms with Gasteiger partial charge in [0.25, 0.3) is 0 Å². The Morgan fingerprint density at radius 2 is 2.00 bits per heavy atom. The largest absolute Gasteiger partial charge is 0.352 e. The summed E-state index contributed by atoms with van der Waals surface area (Å²) in [5.41, 5.74) is 5.67. The number of hydrogen-bond donors (Lipinski definition) is 2. The first-order valence-electron chi connectivity index (χ1n) is 5.54. The standard InChI is InChI=1S/C11H20N4O.2ClH/c1-8(7-15-6-4-5-13-15)14-11(16)9(2)10(3)12;;/h4-6,8-10H,7,12H2,1-3H3,(H,14,16);2*1H. The summed E-state index contributed by atoms with van der Waals surface area (Å²) in [6.45, 7) is 6.29. The zero-order valence-corrected chi connectivity index (χ0v) is 12.5. The van der Waals surface area contributed by atoms with Gasteiger partial charge in [-0.2, -0.15) is 5.10 Å². The Balaban J connectivity index is 0. The van der Waals surface area contributed by atoms with Crippen LogP contribution in [0.2, 0.25) is 0 Å². The molecule has 3 atom stereocenters. The Hall–Kier alpha value is -0.780. The van der Waals surface area contributed by atoms with Gasteiger partial charge in [0, 0.05) is 30.4 Å². The molecule has 106 valence electrons. The summed E-state index contributed by atoms with van der Waals surface area (Å²) in [6.07, 6.45) is 3.59. The lowest BCUT2D eigenvalue weighted by Crippen LogP contribution is -2.43. The molecule has 5 nitrogen and oxygen atoms in total. The van der Waals surface area contributed by atoms with E-state index in [2.05, 4.69) is 10.4 Å². The van der Waals surface area contributed by atoms with Gasteiger partial charge in [-0.1, -0.05) is 6.92 Å². The van der Waals surface area contributed by atoms with E-state index in [4.69, 9.17) is 5.73 Å². The number of hydrogen-bond acceptors (Lipinski definition) is 3. The molecule has 1 heterocycles. The molecule has 0 radical (unpaired) electrons. The van der Waals surface area contributed by atoms with Crippen molar-refractivity contribution >= 4 is 30.7 Å². The summed E-state index contributed by atoms with van der Waals surface area (Å²) in [4.78, 5) is 11.7. The molecule has 0 spiro atoms. The van der Waals surface area contributed by atoms with Crippen molar-refractivity contribution in [2.75, 3.05) is 0 Å². The fourth-order valence-electron chi connectivity index (χ4n) is 1.35. The Kier molecular flexibility index (Phi) is 9.99. The maximum Gasteiger partial charge on any atom is 0.224 e. The molecule has 7 heteroatoms. The van der Waals surface area contributed by atoms with Gasteiger partial charge in [0.1, 0.15) is 0 Å². The number of nitrogens with two attached hydrogens (primary N) is 1. The molecule has 1 amide bonds. The molecule has 0 aromatic carbocycles. The van der Waals surface area contributed by atoms with Crippen molar-refractivity contribution < 1.29 is 4.79 Å². The third-order valence-corrected chi connectivity index (χ3v) is 2.61. The molecular weight excluding hydrogens is 275 g/mol. The zero-order chi connectivity index (χ0) is 12.1. The number of nitrogens with zero attached hydrogens (tertiary/aromatic N) is 2. The van der Waals surface area contributed by atoms with Crippen molar-refractivity contribution in [3.8, 4) is 0 Å². The highest BCUT2D eigenvalue weighted by Crippen LogP contribution is 2.01. The van der Waals surface area contributed by atoms with Crippen LogP contribution in [-0.4, -0.2) is 27.8 Å².